The molecule has 2 aromatic rings. The van der Waals surface area contributed by atoms with E-state index in [2.05, 4.69) is 52.0 Å². The van der Waals surface area contributed by atoms with E-state index < -0.39 is 0 Å². The molecule has 0 bridgehead atoms. The van der Waals surface area contributed by atoms with Crippen molar-refractivity contribution in [1.82, 2.24) is 4.98 Å². The minimum absolute atomic E-state index is 0.603. The van der Waals surface area contributed by atoms with Crippen LogP contribution in [0.15, 0.2) is 36.5 Å². The number of hydrogen-bond donors (Lipinski definition) is 1. The molecule has 0 unspecified atom stereocenters. The van der Waals surface area contributed by atoms with Crippen LogP contribution in [0.3, 0.4) is 0 Å². The summed E-state index contributed by atoms with van der Waals surface area (Å²) in [7, 11) is 0. The molecule has 0 saturated heterocycles. The number of rotatable bonds is 2. The molecule has 1 aromatic heterocycles. The lowest BCUT2D eigenvalue weighted by Gasteiger charge is -2.09. The number of halogens is 1. The maximum atomic E-state index is 8.82. The number of nitrogens with one attached hydrogen (secondary N) is 1. The molecule has 0 atom stereocenters. The third-order valence-corrected chi connectivity index (χ3v) is 3.59. The molecule has 0 fully saturated rings. The minimum atomic E-state index is 0.603. The van der Waals surface area contributed by atoms with Crippen molar-refractivity contribution in [3.8, 4) is 6.07 Å². The van der Waals surface area contributed by atoms with E-state index in [9.17, 15) is 0 Å². The summed E-state index contributed by atoms with van der Waals surface area (Å²) in [5.74, 6) is 0.689. The Morgan fingerprint density at radius 2 is 2.18 bits per heavy atom. The molecule has 17 heavy (non-hydrogen) atoms. The summed E-state index contributed by atoms with van der Waals surface area (Å²) in [6.45, 7) is 2.05. The molecule has 3 nitrogen and oxygen atoms in total. The molecule has 0 saturated carbocycles. The van der Waals surface area contributed by atoms with Gasteiger partial charge in [0.25, 0.3) is 0 Å². The topological polar surface area (TPSA) is 48.7 Å². The van der Waals surface area contributed by atoms with Crippen LogP contribution >= 0.6 is 22.6 Å². The fourth-order valence-corrected chi connectivity index (χ4v) is 1.95. The van der Waals surface area contributed by atoms with Crippen molar-refractivity contribution >= 4 is 34.1 Å². The van der Waals surface area contributed by atoms with Gasteiger partial charge in [0.2, 0.25) is 0 Å². The van der Waals surface area contributed by atoms with Gasteiger partial charge in [0.15, 0.2) is 0 Å². The number of pyridine rings is 1. The number of anilines is 2. The monoisotopic (exact) mass is 335 g/mol. The van der Waals surface area contributed by atoms with Gasteiger partial charge in [-0.15, -0.1) is 0 Å². The van der Waals surface area contributed by atoms with Crippen LogP contribution in [0.25, 0.3) is 0 Å². The van der Waals surface area contributed by atoms with Crippen LogP contribution in [0.2, 0.25) is 0 Å². The first-order valence-electron chi connectivity index (χ1n) is 5.09. The van der Waals surface area contributed by atoms with Crippen molar-refractivity contribution in [2.75, 3.05) is 5.32 Å². The van der Waals surface area contributed by atoms with Crippen LogP contribution in [-0.2, 0) is 0 Å². The van der Waals surface area contributed by atoms with Gasteiger partial charge >= 0.3 is 0 Å². The van der Waals surface area contributed by atoms with Gasteiger partial charge in [-0.05, 0) is 59.3 Å². The van der Waals surface area contributed by atoms with Gasteiger partial charge in [0, 0.05) is 15.5 Å². The number of hydrogen-bond acceptors (Lipinski definition) is 3. The number of nitriles is 1. The molecular weight excluding hydrogens is 325 g/mol. The Kier molecular flexibility index (Phi) is 3.59. The third-order valence-electron chi connectivity index (χ3n) is 2.42. The molecule has 0 aliphatic heterocycles. The van der Waals surface area contributed by atoms with Gasteiger partial charge in [0.05, 0.1) is 11.6 Å². The predicted molar refractivity (Wildman–Crippen MR) is 76.1 cm³/mol. The Balaban J connectivity index is 2.32. The quantitative estimate of drug-likeness (QED) is 0.853. The molecule has 0 aliphatic rings. The second-order valence-electron chi connectivity index (χ2n) is 3.58. The van der Waals surface area contributed by atoms with Gasteiger partial charge in [0.1, 0.15) is 5.82 Å². The molecule has 0 amide bonds. The van der Waals surface area contributed by atoms with Crippen LogP contribution in [0.4, 0.5) is 11.5 Å². The lowest BCUT2D eigenvalue weighted by molar-refractivity contribution is 1.28. The molecule has 1 N–H and O–H groups in total. The second kappa shape index (κ2) is 5.15. The van der Waals surface area contributed by atoms with Crippen molar-refractivity contribution in [2.24, 2.45) is 0 Å². The molecule has 1 heterocycles. The van der Waals surface area contributed by atoms with Crippen LogP contribution in [0.1, 0.15) is 11.1 Å². The minimum Gasteiger partial charge on any atom is -0.340 e. The SMILES string of the molecule is Cc1c(I)cccc1Nc1cc(C#N)ccn1. The van der Waals surface area contributed by atoms with E-state index >= 15 is 0 Å². The highest BCUT2D eigenvalue weighted by Crippen LogP contribution is 2.23. The predicted octanol–water partition coefficient (Wildman–Crippen LogP) is 3.61. The highest BCUT2D eigenvalue weighted by atomic mass is 127. The van der Waals surface area contributed by atoms with Crippen molar-refractivity contribution in [3.05, 3.63) is 51.2 Å². The lowest BCUT2D eigenvalue weighted by Crippen LogP contribution is -1.97. The summed E-state index contributed by atoms with van der Waals surface area (Å²) in [5, 5.41) is 12.0. The zero-order valence-electron chi connectivity index (χ0n) is 9.24. The van der Waals surface area contributed by atoms with Crippen molar-refractivity contribution in [2.45, 2.75) is 6.92 Å². The average Bonchev–Trinajstić information content (AvgIpc) is 2.35. The summed E-state index contributed by atoms with van der Waals surface area (Å²) in [6, 6.07) is 11.6. The lowest BCUT2D eigenvalue weighted by atomic mass is 10.2. The van der Waals surface area contributed by atoms with Gasteiger partial charge in [-0.3, -0.25) is 0 Å². The summed E-state index contributed by atoms with van der Waals surface area (Å²) < 4.78 is 1.20. The van der Waals surface area contributed by atoms with Crippen molar-refractivity contribution < 1.29 is 0 Å². The molecule has 0 radical (unpaired) electrons. The first kappa shape index (κ1) is 11.9. The number of aromatic nitrogens is 1. The summed E-state index contributed by atoms with van der Waals surface area (Å²) in [6.07, 6.45) is 1.63. The molecule has 0 spiro atoms. The molecule has 84 valence electrons. The van der Waals surface area contributed by atoms with Crippen LogP contribution in [0, 0.1) is 21.8 Å². The Morgan fingerprint density at radius 1 is 1.35 bits per heavy atom. The largest absolute Gasteiger partial charge is 0.340 e. The summed E-state index contributed by atoms with van der Waals surface area (Å²) >= 11 is 2.29. The normalized spacial score (nSPS) is 9.71. The Hall–Kier alpha value is -1.61. The van der Waals surface area contributed by atoms with Gasteiger partial charge in [-0.2, -0.15) is 5.26 Å². The first-order valence-corrected chi connectivity index (χ1v) is 6.17. The van der Waals surface area contributed by atoms with Crippen LogP contribution in [-0.4, -0.2) is 4.98 Å². The maximum absolute atomic E-state index is 8.82. The molecule has 0 aliphatic carbocycles. The maximum Gasteiger partial charge on any atom is 0.131 e. The fourth-order valence-electron chi connectivity index (χ4n) is 1.45. The smallest absolute Gasteiger partial charge is 0.131 e. The Labute approximate surface area is 114 Å². The average molecular weight is 335 g/mol. The highest BCUT2D eigenvalue weighted by molar-refractivity contribution is 14.1. The summed E-state index contributed by atoms with van der Waals surface area (Å²) in [4.78, 5) is 4.19. The fraction of sp³-hybridized carbons (Fsp3) is 0.0769. The van der Waals surface area contributed by atoms with E-state index in [1.165, 1.54) is 9.13 Å². The number of benzene rings is 1. The van der Waals surface area contributed by atoms with Crippen molar-refractivity contribution in [3.63, 3.8) is 0 Å². The Morgan fingerprint density at radius 3 is 2.94 bits per heavy atom. The molecule has 4 heteroatoms. The molecular formula is C13H10IN3. The third kappa shape index (κ3) is 2.74. The Bertz CT molecular complexity index is 587. The standard InChI is InChI=1S/C13H10IN3/c1-9-11(14)3-2-4-12(9)17-13-7-10(8-15)5-6-16-13/h2-7H,1H3,(H,16,17). The van der Waals surface area contributed by atoms with Gasteiger partial charge < -0.3 is 5.32 Å². The number of nitrogens with zero attached hydrogens (tertiary/aromatic N) is 2. The second-order valence-corrected chi connectivity index (χ2v) is 4.74. The summed E-state index contributed by atoms with van der Waals surface area (Å²) in [5.41, 5.74) is 2.79. The van der Waals surface area contributed by atoms with E-state index in [1.54, 1.807) is 18.3 Å². The van der Waals surface area contributed by atoms with E-state index in [0.29, 0.717) is 11.4 Å². The van der Waals surface area contributed by atoms with Crippen LogP contribution < -0.4 is 5.32 Å². The van der Waals surface area contributed by atoms with Gasteiger partial charge in [-0.1, -0.05) is 6.07 Å². The molecule has 1 aromatic carbocycles. The zero-order chi connectivity index (χ0) is 12.3. The van der Waals surface area contributed by atoms with E-state index in [0.717, 1.165) is 5.69 Å². The first-order chi connectivity index (χ1) is 8.20. The van der Waals surface area contributed by atoms with E-state index in [1.807, 2.05) is 12.1 Å². The van der Waals surface area contributed by atoms with Crippen LogP contribution in [0.5, 0.6) is 0 Å². The highest BCUT2D eigenvalue weighted by Gasteiger charge is 2.03. The van der Waals surface area contributed by atoms with Gasteiger partial charge in [-0.25, -0.2) is 4.98 Å². The van der Waals surface area contributed by atoms with E-state index in [-0.39, 0.29) is 0 Å². The van der Waals surface area contributed by atoms with E-state index in [4.69, 9.17) is 5.26 Å². The zero-order valence-corrected chi connectivity index (χ0v) is 11.4. The van der Waals surface area contributed by atoms with Crippen molar-refractivity contribution in [1.29, 1.82) is 5.26 Å². The molecule has 2 rings (SSSR count).